The minimum atomic E-state index is -0.723. The third-order valence-corrected chi connectivity index (χ3v) is 3.80. The van der Waals surface area contributed by atoms with Crippen molar-refractivity contribution in [3.05, 3.63) is 29.8 Å². The normalized spacial score (nSPS) is 22.8. The summed E-state index contributed by atoms with van der Waals surface area (Å²) in [4.78, 5) is 12.1. The molecule has 3 N–H and O–H groups in total. The molecule has 2 atom stereocenters. The molecule has 0 aromatic heterocycles. The number of aliphatic hydroxyl groups excluding tert-OH is 1. The number of nitrogens with one attached hydrogen (secondary N) is 2. The zero-order valence-electron chi connectivity index (χ0n) is 12.7. The van der Waals surface area contributed by atoms with Crippen LogP contribution in [0, 0.1) is 6.92 Å². The first kappa shape index (κ1) is 15.8. The van der Waals surface area contributed by atoms with Crippen molar-refractivity contribution in [3.8, 4) is 5.75 Å². The van der Waals surface area contributed by atoms with Gasteiger partial charge in [-0.25, -0.2) is 0 Å². The first-order valence-corrected chi connectivity index (χ1v) is 7.40. The molecule has 116 valence electrons. The van der Waals surface area contributed by atoms with Crippen LogP contribution in [0.5, 0.6) is 5.75 Å². The molecule has 0 saturated carbocycles. The van der Waals surface area contributed by atoms with Crippen LogP contribution in [0.15, 0.2) is 24.3 Å². The van der Waals surface area contributed by atoms with E-state index in [0.29, 0.717) is 0 Å². The fourth-order valence-electron chi connectivity index (χ4n) is 2.45. The number of carbonyl (C=O) groups excluding carboxylic acids is 1. The monoisotopic (exact) mass is 292 g/mol. The molecular formula is C16H24N2O3. The lowest BCUT2D eigenvalue weighted by Crippen LogP contribution is -2.52. The molecule has 1 aromatic carbocycles. The molecule has 1 aliphatic heterocycles. The van der Waals surface area contributed by atoms with Crippen LogP contribution in [0.25, 0.3) is 0 Å². The van der Waals surface area contributed by atoms with Crippen molar-refractivity contribution in [1.82, 2.24) is 10.6 Å². The summed E-state index contributed by atoms with van der Waals surface area (Å²) in [5, 5.41) is 15.9. The molecule has 1 amide bonds. The lowest BCUT2D eigenvalue weighted by Gasteiger charge is -2.24. The molecule has 0 aliphatic carbocycles. The van der Waals surface area contributed by atoms with Gasteiger partial charge in [0.15, 0.2) is 0 Å². The highest BCUT2D eigenvalue weighted by Gasteiger charge is 2.35. The number of hydrogen-bond acceptors (Lipinski definition) is 4. The molecule has 2 rings (SSSR count). The standard InChI is InChI=1S/C16H24N2O3/c1-12-5-3-6-14(9-12)21-11-13(19)10-17-15(20)16(2)7-4-8-18-16/h3,5-6,9,13,18-19H,4,7-8,10-11H2,1-2H3,(H,17,20). The quantitative estimate of drug-likeness (QED) is 0.731. The summed E-state index contributed by atoms with van der Waals surface area (Å²) >= 11 is 0. The second-order valence-electron chi connectivity index (χ2n) is 5.85. The summed E-state index contributed by atoms with van der Waals surface area (Å²) in [5.41, 5.74) is 0.604. The van der Waals surface area contributed by atoms with Gasteiger partial charge in [-0.15, -0.1) is 0 Å². The molecule has 5 heteroatoms. The van der Waals surface area contributed by atoms with Gasteiger partial charge in [0.2, 0.25) is 5.91 Å². The minimum absolute atomic E-state index is 0.0606. The smallest absolute Gasteiger partial charge is 0.240 e. The molecule has 1 aromatic rings. The van der Waals surface area contributed by atoms with Crippen LogP contribution in [0.4, 0.5) is 0 Å². The number of carbonyl (C=O) groups is 1. The number of rotatable bonds is 6. The molecule has 0 radical (unpaired) electrons. The van der Waals surface area contributed by atoms with Crippen LogP contribution < -0.4 is 15.4 Å². The highest BCUT2D eigenvalue weighted by atomic mass is 16.5. The summed E-state index contributed by atoms with van der Waals surface area (Å²) in [6.45, 7) is 5.10. The maximum absolute atomic E-state index is 12.1. The Hall–Kier alpha value is -1.59. The van der Waals surface area contributed by atoms with E-state index in [-0.39, 0.29) is 19.1 Å². The molecule has 1 heterocycles. The second-order valence-corrected chi connectivity index (χ2v) is 5.85. The summed E-state index contributed by atoms with van der Waals surface area (Å²) in [5.74, 6) is 0.666. The topological polar surface area (TPSA) is 70.6 Å². The van der Waals surface area contributed by atoms with Gasteiger partial charge >= 0.3 is 0 Å². The molecule has 1 aliphatic rings. The lowest BCUT2D eigenvalue weighted by atomic mass is 9.99. The number of ether oxygens (including phenoxy) is 1. The largest absolute Gasteiger partial charge is 0.491 e. The molecule has 1 fully saturated rings. The number of aryl methyl sites for hydroxylation is 1. The Morgan fingerprint density at radius 2 is 2.38 bits per heavy atom. The van der Waals surface area contributed by atoms with E-state index in [2.05, 4.69) is 10.6 Å². The minimum Gasteiger partial charge on any atom is -0.491 e. The van der Waals surface area contributed by atoms with Crippen LogP contribution in [-0.4, -0.2) is 42.4 Å². The average molecular weight is 292 g/mol. The number of aliphatic hydroxyl groups is 1. The van der Waals surface area contributed by atoms with Gasteiger partial charge in [0, 0.05) is 6.54 Å². The van der Waals surface area contributed by atoms with Gasteiger partial charge in [0.05, 0.1) is 5.54 Å². The molecular weight excluding hydrogens is 268 g/mol. The predicted octanol–water partition coefficient (Wildman–Crippen LogP) is 0.993. The molecule has 0 bridgehead atoms. The van der Waals surface area contributed by atoms with Gasteiger partial charge in [-0.2, -0.15) is 0 Å². The fourth-order valence-corrected chi connectivity index (χ4v) is 2.45. The van der Waals surface area contributed by atoms with Gasteiger partial charge in [0.25, 0.3) is 0 Å². The van der Waals surface area contributed by atoms with E-state index in [1.165, 1.54) is 0 Å². The van der Waals surface area contributed by atoms with E-state index in [1.54, 1.807) is 0 Å². The van der Waals surface area contributed by atoms with Crippen molar-refractivity contribution in [2.45, 2.75) is 38.3 Å². The van der Waals surface area contributed by atoms with Gasteiger partial charge in [-0.05, 0) is 50.9 Å². The van der Waals surface area contributed by atoms with Gasteiger partial charge in [-0.1, -0.05) is 12.1 Å². The summed E-state index contributed by atoms with van der Waals surface area (Å²) in [7, 11) is 0. The number of benzene rings is 1. The summed E-state index contributed by atoms with van der Waals surface area (Å²) < 4.78 is 5.51. The number of amides is 1. The Morgan fingerprint density at radius 1 is 1.57 bits per heavy atom. The van der Waals surface area contributed by atoms with Crippen LogP contribution in [-0.2, 0) is 4.79 Å². The number of hydrogen-bond donors (Lipinski definition) is 3. The van der Waals surface area contributed by atoms with E-state index >= 15 is 0 Å². The molecule has 2 unspecified atom stereocenters. The zero-order valence-corrected chi connectivity index (χ0v) is 12.7. The van der Waals surface area contributed by atoms with Crippen molar-refractivity contribution in [2.24, 2.45) is 0 Å². The van der Waals surface area contributed by atoms with Crippen molar-refractivity contribution < 1.29 is 14.6 Å². The molecule has 0 spiro atoms. The fraction of sp³-hybridized carbons (Fsp3) is 0.562. The highest BCUT2D eigenvalue weighted by molar-refractivity contribution is 5.86. The van der Waals surface area contributed by atoms with Gasteiger partial charge in [0.1, 0.15) is 18.5 Å². The Balaban J connectivity index is 1.72. The Morgan fingerprint density at radius 3 is 3.05 bits per heavy atom. The van der Waals surface area contributed by atoms with E-state index in [1.807, 2.05) is 38.1 Å². The third-order valence-electron chi connectivity index (χ3n) is 3.80. The second kappa shape index (κ2) is 6.91. The molecule has 21 heavy (non-hydrogen) atoms. The van der Waals surface area contributed by atoms with E-state index in [0.717, 1.165) is 30.7 Å². The van der Waals surface area contributed by atoms with Crippen LogP contribution in [0.1, 0.15) is 25.3 Å². The van der Waals surface area contributed by atoms with Crippen molar-refractivity contribution in [2.75, 3.05) is 19.7 Å². The zero-order chi connectivity index (χ0) is 15.3. The van der Waals surface area contributed by atoms with Crippen LogP contribution >= 0.6 is 0 Å². The Kier molecular flexibility index (Phi) is 5.20. The first-order chi connectivity index (χ1) is 9.99. The van der Waals surface area contributed by atoms with Crippen molar-refractivity contribution in [3.63, 3.8) is 0 Å². The lowest BCUT2D eigenvalue weighted by molar-refractivity contribution is -0.127. The first-order valence-electron chi connectivity index (χ1n) is 7.40. The average Bonchev–Trinajstić information content (AvgIpc) is 2.91. The maximum atomic E-state index is 12.1. The van der Waals surface area contributed by atoms with E-state index in [4.69, 9.17) is 4.74 Å². The highest BCUT2D eigenvalue weighted by Crippen LogP contribution is 2.18. The Bertz CT molecular complexity index is 484. The van der Waals surface area contributed by atoms with Crippen LogP contribution in [0.2, 0.25) is 0 Å². The third kappa shape index (κ3) is 4.44. The maximum Gasteiger partial charge on any atom is 0.240 e. The van der Waals surface area contributed by atoms with E-state index < -0.39 is 11.6 Å². The summed E-state index contributed by atoms with van der Waals surface area (Å²) in [6.07, 6.45) is 1.11. The summed E-state index contributed by atoms with van der Waals surface area (Å²) in [6, 6.07) is 7.65. The van der Waals surface area contributed by atoms with Crippen LogP contribution in [0.3, 0.4) is 0 Å². The SMILES string of the molecule is Cc1cccc(OCC(O)CNC(=O)C2(C)CCCN2)c1. The van der Waals surface area contributed by atoms with E-state index in [9.17, 15) is 9.90 Å². The predicted molar refractivity (Wildman–Crippen MR) is 81.3 cm³/mol. The van der Waals surface area contributed by atoms with Crippen molar-refractivity contribution >= 4 is 5.91 Å². The van der Waals surface area contributed by atoms with Crippen molar-refractivity contribution in [1.29, 1.82) is 0 Å². The van der Waals surface area contributed by atoms with Gasteiger partial charge in [-0.3, -0.25) is 4.79 Å². The molecule has 5 nitrogen and oxygen atoms in total. The molecule has 1 saturated heterocycles. The van der Waals surface area contributed by atoms with Gasteiger partial charge < -0.3 is 20.5 Å². The Labute approximate surface area is 125 Å².